The van der Waals surface area contributed by atoms with E-state index < -0.39 is 0 Å². The number of ether oxygens (including phenoxy) is 1. The van der Waals surface area contributed by atoms with Crippen LogP contribution in [0, 0.1) is 11.8 Å². The molecule has 3 heteroatoms. The van der Waals surface area contributed by atoms with Crippen molar-refractivity contribution in [1.29, 1.82) is 0 Å². The molecule has 15 heavy (non-hydrogen) atoms. The van der Waals surface area contributed by atoms with Crippen molar-refractivity contribution in [3.63, 3.8) is 0 Å². The first kappa shape index (κ1) is 9.47. The first-order chi connectivity index (χ1) is 7.31. The van der Waals surface area contributed by atoms with E-state index in [4.69, 9.17) is 4.74 Å². The van der Waals surface area contributed by atoms with Crippen LogP contribution in [-0.2, 0) is 4.79 Å². The van der Waals surface area contributed by atoms with Crippen LogP contribution in [0.3, 0.4) is 0 Å². The van der Waals surface area contributed by atoms with Gasteiger partial charge in [-0.05, 0) is 24.1 Å². The normalized spacial score (nSPS) is 13.2. The molecule has 0 unspecified atom stereocenters. The summed E-state index contributed by atoms with van der Waals surface area (Å²) in [6, 6.07) is 5.10. The van der Waals surface area contributed by atoms with Gasteiger partial charge in [-0.15, -0.1) is 0 Å². The summed E-state index contributed by atoms with van der Waals surface area (Å²) < 4.78 is 5.31. The van der Waals surface area contributed by atoms with Gasteiger partial charge >= 0.3 is 0 Å². The van der Waals surface area contributed by atoms with Crippen molar-refractivity contribution < 1.29 is 14.3 Å². The van der Waals surface area contributed by atoms with Gasteiger partial charge in [-0.3, -0.25) is 9.59 Å². The molecule has 0 aliphatic carbocycles. The molecule has 2 rings (SSSR count). The molecule has 0 aromatic heterocycles. The molecule has 0 radical (unpaired) electrons. The maximum absolute atomic E-state index is 11.5. The molecule has 1 aromatic rings. The molecule has 1 aromatic carbocycles. The zero-order valence-corrected chi connectivity index (χ0v) is 7.95. The molecule has 74 valence electrons. The van der Waals surface area contributed by atoms with Gasteiger partial charge in [0.25, 0.3) is 0 Å². The maximum Gasteiger partial charge on any atom is 0.193 e. The van der Waals surface area contributed by atoms with E-state index in [0.717, 1.165) is 0 Å². The SMILES string of the molecule is O=CC#Cc1ccc2c(c1)C(=O)CCO2. The van der Waals surface area contributed by atoms with Crippen molar-refractivity contribution >= 4 is 12.1 Å². The Morgan fingerprint density at radius 3 is 3.07 bits per heavy atom. The van der Waals surface area contributed by atoms with E-state index in [2.05, 4.69) is 11.8 Å². The van der Waals surface area contributed by atoms with Crippen LogP contribution in [-0.4, -0.2) is 18.7 Å². The maximum atomic E-state index is 11.5. The highest BCUT2D eigenvalue weighted by molar-refractivity contribution is 6.00. The molecule has 0 bridgehead atoms. The van der Waals surface area contributed by atoms with Gasteiger partial charge in [0.15, 0.2) is 12.1 Å². The number of rotatable bonds is 0. The lowest BCUT2D eigenvalue weighted by Gasteiger charge is -2.15. The Balaban J connectivity index is 2.43. The Morgan fingerprint density at radius 2 is 2.27 bits per heavy atom. The Bertz CT molecular complexity index is 477. The molecule has 1 aliphatic rings. The van der Waals surface area contributed by atoms with Crippen molar-refractivity contribution in [3.05, 3.63) is 29.3 Å². The zero-order valence-electron chi connectivity index (χ0n) is 7.95. The fraction of sp³-hybridized carbons (Fsp3) is 0.167. The van der Waals surface area contributed by atoms with Crippen LogP contribution < -0.4 is 4.74 Å². The van der Waals surface area contributed by atoms with E-state index >= 15 is 0 Å². The quantitative estimate of drug-likeness (QED) is 0.467. The number of aldehydes is 1. The molecule has 3 nitrogen and oxygen atoms in total. The fourth-order valence-corrected chi connectivity index (χ4v) is 1.45. The molecular formula is C12H8O3. The van der Waals surface area contributed by atoms with E-state index in [1.165, 1.54) is 0 Å². The third kappa shape index (κ3) is 1.89. The highest BCUT2D eigenvalue weighted by atomic mass is 16.5. The minimum absolute atomic E-state index is 0.0611. The molecule has 0 atom stereocenters. The lowest BCUT2D eigenvalue weighted by molar-refractivity contribution is -0.103. The van der Waals surface area contributed by atoms with Crippen LogP contribution in [0.25, 0.3) is 0 Å². The summed E-state index contributed by atoms with van der Waals surface area (Å²) >= 11 is 0. The van der Waals surface area contributed by atoms with Crippen LogP contribution in [0.5, 0.6) is 5.75 Å². The van der Waals surface area contributed by atoms with Crippen molar-refractivity contribution in [3.8, 4) is 17.6 Å². The highest BCUT2D eigenvalue weighted by Crippen LogP contribution is 2.25. The van der Waals surface area contributed by atoms with E-state index in [9.17, 15) is 9.59 Å². The monoisotopic (exact) mass is 200 g/mol. The van der Waals surface area contributed by atoms with Gasteiger partial charge in [0, 0.05) is 12.0 Å². The summed E-state index contributed by atoms with van der Waals surface area (Å²) in [5.74, 6) is 5.60. The summed E-state index contributed by atoms with van der Waals surface area (Å²) in [7, 11) is 0. The van der Waals surface area contributed by atoms with E-state index in [-0.39, 0.29) is 5.78 Å². The number of fused-ring (bicyclic) bond motifs is 1. The summed E-state index contributed by atoms with van der Waals surface area (Å²) in [6.45, 7) is 0.436. The van der Waals surface area contributed by atoms with E-state index in [1.54, 1.807) is 18.2 Å². The number of Topliss-reactive ketones (excluding diaryl/α,β-unsaturated/α-hetero) is 1. The fourth-order valence-electron chi connectivity index (χ4n) is 1.45. The van der Waals surface area contributed by atoms with Gasteiger partial charge in [0.1, 0.15) is 5.75 Å². The number of carbonyl (C=O) groups excluding carboxylic acids is 2. The topological polar surface area (TPSA) is 43.4 Å². The van der Waals surface area contributed by atoms with Crippen molar-refractivity contribution in [2.45, 2.75) is 6.42 Å². The lowest BCUT2D eigenvalue weighted by Crippen LogP contribution is -2.15. The number of hydrogen-bond donors (Lipinski definition) is 0. The van der Waals surface area contributed by atoms with Gasteiger partial charge in [-0.1, -0.05) is 5.92 Å². The Labute approximate surface area is 87.1 Å². The third-order valence-electron chi connectivity index (χ3n) is 2.14. The molecule has 0 N–H and O–H groups in total. The van der Waals surface area contributed by atoms with Gasteiger partial charge < -0.3 is 4.74 Å². The van der Waals surface area contributed by atoms with Crippen LogP contribution in [0.4, 0.5) is 0 Å². The Morgan fingerprint density at radius 1 is 1.40 bits per heavy atom. The van der Waals surface area contributed by atoms with E-state index in [1.807, 2.05) is 0 Å². The van der Waals surface area contributed by atoms with Gasteiger partial charge in [0.05, 0.1) is 12.2 Å². The smallest absolute Gasteiger partial charge is 0.193 e. The average Bonchev–Trinajstić information content (AvgIpc) is 2.27. The molecule has 1 heterocycles. The third-order valence-corrected chi connectivity index (χ3v) is 2.14. The van der Waals surface area contributed by atoms with Crippen molar-refractivity contribution in [1.82, 2.24) is 0 Å². The zero-order chi connectivity index (χ0) is 10.7. The van der Waals surface area contributed by atoms with Gasteiger partial charge in [-0.2, -0.15) is 0 Å². The second kappa shape index (κ2) is 3.97. The number of ketones is 1. The number of benzene rings is 1. The van der Waals surface area contributed by atoms with Crippen LogP contribution >= 0.6 is 0 Å². The summed E-state index contributed by atoms with van der Waals surface area (Å²) in [6.07, 6.45) is 0.926. The molecule has 0 saturated heterocycles. The first-order valence-electron chi connectivity index (χ1n) is 4.56. The molecule has 0 amide bonds. The standard InChI is InChI=1S/C12H8O3/c13-6-1-2-9-3-4-12-10(8-9)11(14)5-7-15-12/h3-4,6,8H,5,7H2. The predicted molar refractivity (Wildman–Crippen MR) is 53.8 cm³/mol. The van der Waals surface area contributed by atoms with Gasteiger partial charge in [-0.25, -0.2) is 0 Å². The van der Waals surface area contributed by atoms with E-state index in [0.29, 0.717) is 36.2 Å². The minimum Gasteiger partial charge on any atom is -0.492 e. The largest absolute Gasteiger partial charge is 0.492 e. The van der Waals surface area contributed by atoms with Crippen LogP contribution in [0.1, 0.15) is 22.3 Å². The molecule has 0 fully saturated rings. The van der Waals surface area contributed by atoms with Crippen LogP contribution in [0.2, 0.25) is 0 Å². The predicted octanol–water partition coefficient (Wildman–Crippen LogP) is 1.20. The molecule has 1 aliphatic heterocycles. The lowest BCUT2D eigenvalue weighted by atomic mass is 10.0. The van der Waals surface area contributed by atoms with Gasteiger partial charge in [0.2, 0.25) is 0 Å². The minimum atomic E-state index is 0.0611. The van der Waals surface area contributed by atoms with Crippen molar-refractivity contribution in [2.24, 2.45) is 0 Å². The number of hydrogen-bond acceptors (Lipinski definition) is 3. The summed E-state index contributed by atoms with van der Waals surface area (Å²) in [5.41, 5.74) is 1.21. The summed E-state index contributed by atoms with van der Waals surface area (Å²) in [5, 5.41) is 0. The van der Waals surface area contributed by atoms with Crippen molar-refractivity contribution in [2.75, 3.05) is 6.61 Å². The summed E-state index contributed by atoms with van der Waals surface area (Å²) in [4.78, 5) is 21.6. The average molecular weight is 200 g/mol. The second-order valence-electron chi connectivity index (χ2n) is 3.12. The van der Waals surface area contributed by atoms with Crippen LogP contribution in [0.15, 0.2) is 18.2 Å². The molecule has 0 spiro atoms. The second-order valence-corrected chi connectivity index (χ2v) is 3.12. The highest BCUT2D eigenvalue weighted by Gasteiger charge is 2.17. The molecular weight excluding hydrogens is 192 g/mol. The number of carbonyl (C=O) groups is 2. The first-order valence-corrected chi connectivity index (χ1v) is 4.56. The molecule has 0 saturated carbocycles. The Hall–Kier alpha value is -2.08. The Kier molecular flexibility index (Phi) is 2.51.